The third kappa shape index (κ3) is 2.61. The van der Waals surface area contributed by atoms with Crippen LogP contribution in [0.1, 0.15) is 12.8 Å². The van der Waals surface area contributed by atoms with Crippen LogP contribution >= 0.6 is 0 Å². The molecule has 1 aliphatic heterocycles. The van der Waals surface area contributed by atoms with E-state index in [1.165, 1.54) is 4.57 Å². The Morgan fingerprint density at radius 2 is 1.91 bits per heavy atom. The van der Waals surface area contributed by atoms with Crippen molar-refractivity contribution in [3.8, 4) is 0 Å². The number of aromatic amines is 1. The van der Waals surface area contributed by atoms with Crippen LogP contribution in [0, 0.1) is 5.92 Å². The van der Waals surface area contributed by atoms with Crippen molar-refractivity contribution < 1.29 is 9.59 Å². The maximum Gasteiger partial charge on any atom is 0.326 e. The second-order valence-corrected chi connectivity index (χ2v) is 5.59. The molecule has 0 bridgehead atoms. The number of H-pyrrole nitrogens is 1. The van der Waals surface area contributed by atoms with E-state index >= 15 is 0 Å². The van der Waals surface area contributed by atoms with Crippen molar-refractivity contribution in [2.45, 2.75) is 19.4 Å². The molecule has 0 aliphatic carbocycles. The van der Waals surface area contributed by atoms with Crippen molar-refractivity contribution in [2.75, 3.05) is 13.1 Å². The van der Waals surface area contributed by atoms with Crippen LogP contribution in [0.3, 0.4) is 0 Å². The Bertz CT molecular complexity index is 768. The quantitative estimate of drug-likeness (QED) is 0.837. The van der Waals surface area contributed by atoms with Crippen molar-refractivity contribution >= 4 is 22.8 Å². The molecule has 0 atom stereocenters. The SMILES string of the molecule is NC(=O)C1CCN(C(=O)Cn2c(=O)[nH]c3ccccc32)CC1. The van der Waals surface area contributed by atoms with Crippen LogP contribution in [0.2, 0.25) is 0 Å². The van der Waals surface area contributed by atoms with E-state index in [0.717, 1.165) is 0 Å². The maximum absolute atomic E-state index is 12.4. The predicted octanol–water partition coefficient (Wildman–Crippen LogP) is 0.0535. The summed E-state index contributed by atoms with van der Waals surface area (Å²) in [5.41, 5.74) is 6.43. The zero-order valence-electron chi connectivity index (χ0n) is 12.1. The Morgan fingerprint density at radius 1 is 1.23 bits per heavy atom. The van der Waals surface area contributed by atoms with E-state index in [0.29, 0.717) is 37.0 Å². The van der Waals surface area contributed by atoms with Crippen LogP contribution in [0.5, 0.6) is 0 Å². The van der Waals surface area contributed by atoms with Crippen LogP contribution in [0.15, 0.2) is 29.1 Å². The number of likely N-dealkylation sites (tertiary alicyclic amines) is 1. The van der Waals surface area contributed by atoms with Gasteiger partial charge in [-0.2, -0.15) is 0 Å². The van der Waals surface area contributed by atoms with Gasteiger partial charge in [0.25, 0.3) is 0 Å². The summed E-state index contributed by atoms with van der Waals surface area (Å²) in [6.45, 7) is 1.01. The molecule has 3 rings (SSSR count). The van der Waals surface area contributed by atoms with Crippen molar-refractivity contribution in [3.63, 3.8) is 0 Å². The maximum atomic E-state index is 12.4. The van der Waals surface area contributed by atoms with Crippen LogP contribution < -0.4 is 11.4 Å². The first-order valence-electron chi connectivity index (χ1n) is 7.31. The Labute approximate surface area is 126 Å². The molecule has 0 unspecified atom stereocenters. The summed E-state index contributed by atoms with van der Waals surface area (Å²) in [7, 11) is 0. The minimum absolute atomic E-state index is 0.00405. The third-order valence-corrected chi connectivity index (χ3v) is 4.23. The molecular formula is C15H18N4O3. The molecule has 7 nitrogen and oxygen atoms in total. The molecule has 116 valence electrons. The van der Waals surface area contributed by atoms with Crippen LogP contribution in [0.4, 0.5) is 0 Å². The molecule has 2 amide bonds. The lowest BCUT2D eigenvalue weighted by Gasteiger charge is -2.30. The predicted molar refractivity (Wildman–Crippen MR) is 81.1 cm³/mol. The lowest BCUT2D eigenvalue weighted by atomic mass is 9.96. The van der Waals surface area contributed by atoms with Gasteiger partial charge in [0.2, 0.25) is 11.8 Å². The summed E-state index contributed by atoms with van der Waals surface area (Å²) in [4.78, 5) is 39.9. The highest BCUT2D eigenvalue weighted by atomic mass is 16.2. The number of carbonyl (C=O) groups is 2. The second kappa shape index (κ2) is 5.67. The zero-order valence-corrected chi connectivity index (χ0v) is 12.1. The van der Waals surface area contributed by atoms with Crippen molar-refractivity contribution in [2.24, 2.45) is 11.7 Å². The van der Waals surface area contributed by atoms with Gasteiger partial charge in [-0.25, -0.2) is 4.79 Å². The Kier molecular flexibility index (Phi) is 3.70. The zero-order chi connectivity index (χ0) is 15.7. The molecule has 1 saturated heterocycles. The third-order valence-electron chi connectivity index (χ3n) is 4.23. The normalized spacial score (nSPS) is 16.1. The molecule has 0 radical (unpaired) electrons. The fourth-order valence-corrected chi connectivity index (χ4v) is 2.91. The summed E-state index contributed by atoms with van der Waals surface area (Å²) >= 11 is 0. The standard InChI is InChI=1S/C15H18N4O3/c16-14(21)10-5-7-18(8-6-10)13(20)9-19-12-4-2-1-3-11(12)17-15(19)22/h1-4,10H,5-9H2,(H2,16,21)(H,17,22). The van der Waals surface area contributed by atoms with Gasteiger partial charge in [-0.05, 0) is 25.0 Å². The number of carbonyl (C=O) groups excluding carboxylic acids is 2. The number of hydrogen-bond donors (Lipinski definition) is 2. The molecule has 0 spiro atoms. The van der Waals surface area contributed by atoms with Crippen molar-refractivity contribution in [3.05, 3.63) is 34.7 Å². The molecule has 2 heterocycles. The lowest BCUT2D eigenvalue weighted by molar-refractivity contribution is -0.135. The lowest BCUT2D eigenvalue weighted by Crippen LogP contribution is -2.43. The van der Waals surface area contributed by atoms with Gasteiger partial charge in [-0.15, -0.1) is 0 Å². The van der Waals surface area contributed by atoms with Gasteiger partial charge >= 0.3 is 5.69 Å². The van der Waals surface area contributed by atoms with Gasteiger partial charge in [0.1, 0.15) is 6.54 Å². The molecule has 1 fully saturated rings. The van der Waals surface area contributed by atoms with Crippen LogP contribution in [0.25, 0.3) is 11.0 Å². The number of primary amides is 1. The summed E-state index contributed by atoms with van der Waals surface area (Å²) in [5.74, 6) is -0.574. The smallest absolute Gasteiger partial charge is 0.326 e. The molecule has 0 saturated carbocycles. The van der Waals surface area contributed by atoms with Gasteiger partial charge in [0, 0.05) is 19.0 Å². The minimum Gasteiger partial charge on any atom is -0.369 e. The number of amides is 2. The number of piperidine rings is 1. The number of nitrogens with one attached hydrogen (secondary N) is 1. The Morgan fingerprint density at radius 3 is 2.59 bits per heavy atom. The van der Waals surface area contributed by atoms with E-state index in [2.05, 4.69) is 4.98 Å². The van der Waals surface area contributed by atoms with E-state index in [1.807, 2.05) is 12.1 Å². The van der Waals surface area contributed by atoms with Gasteiger partial charge in [0.15, 0.2) is 0 Å². The molecule has 1 aliphatic rings. The number of nitrogens with zero attached hydrogens (tertiary/aromatic N) is 2. The number of nitrogens with two attached hydrogens (primary N) is 1. The second-order valence-electron chi connectivity index (χ2n) is 5.59. The number of imidazole rings is 1. The number of benzene rings is 1. The van der Waals surface area contributed by atoms with E-state index in [9.17, 15) is 14.4 Å². The summed E-state index contributed by atoms with van der Waals surface area (Å²) in [6, 6.07) is 7.27. The molecular weight excluding hydrogens is 284 g/mol. The van der Waals surface area contributed by atoms with Gasteiger partial charge in [-0.3, -0.25) is 14.2 Å². The van der Waals surface area contributed by atoms with E-state index in [4.69, 9.17) is 5.73 Å². The highest BCUT2D eigenvalue weighted by Gasteiger charge is 2.26. The van der Waals surface area contributed by atoms with Crippen molar-refractivity contribution in [1.82, 2.24) is 14.5 Å². The minimum atomic E-state index is -0.306. The summed E-state index contributed by atoms with van der Waals surface area (Å²) in [6.07, 6.45) is 1.17. The summed E-state index contributed by atoms with van der Waals surface area (Å²) < 4.78 is 1.44. The molecule has 22 heavy (non-hydrogen) atoms. The molecule has 2 aromatic rings. The number of aromatic nitrogens is 2. The largest absolute Gasteiger partial charge is 0.369 e. The Hall–Kier alpha value is -2.57. The highest BCUT2D eigenvalue weighted by molar-refractivity contribution is 5.81. The van der Waals surface area contributed by atoms with E-state index in [1.54, 1.807) is 17.0 Å². The fourth-order valence-electron chi connectivity index (χ4n) is 2.91. The molecule has 1 aromatic heterocycles. The van der Waals surface area contributed by atoms with Gasteiger partial charge in [-0.1, -0.05) is 12.1 Å². The molecule has 3 N–H and O–H groups in total. The average molecular weight is 302 g/mol. The van der Waals surface area contributed by atoms with Gasteiger partial charge in [0.05, 0.1) is 11.0 Å². The topological polar surface area (TPSA) is 101 Å². The van der Waals surface area contributed by atoms with Crippen LogP contribution in [-0.4, -0.2) is 39.4 Å². The van der Waals surface area contributed by atoms with E-state index < -0.39 is 0 Å². The van der Waals surface area contributed by atoms with Gasteiger partial charge < -0.3 is 15.6 Å². The first-order valence-corrected chi connectivity index (χ1v) is 7.31. The molecule has 1 aromatic carbocycles. The number of hydrogen-bond acceptors (Lipinski definition) is 3. The summed E-state index contributed by atoms with van der Waals surface area (Å²) in [5, 5.41) is 0. The highest BCUT2D eigenvalue weighted by Crippen LogP contribution is 2.17. The number of rotatable bonds is 3. The van der Waals surface area contributed by atoms with Crippen LogP contribution in [-0.2, 0) is 16.1 Å². The Balaban J connectivity index is 1.73. The van der Waals surface area contributed by atoms with E-state index in [-0.39, 0.29) is 30.0 Å². The molecule has 7 heteroatoms. The number of para-hydroxylation sites is 2. The average Bonchev–Trinajstić information content (AvgIpc) is 2.83. The van der Waals surface area contributed by atoms with Crippen molar-refractivity contribution in [1.29, 1.82) is 0 Å². The monoisotopic (exact) mass is 302 g/mol. The fraction of sp³-hybridized carbons (Fsp3) is 0.400. The first-order chi connectivity index (χ1) is 10.6. The number of fused-ring (bicyclic) bond motifs is 1. The first kappa shape index (κ1) is 14.4.